The summed E-state index contributed by atoms with van der Waals surface area (Å²) in [6.07, 6.45) is -1.71. The Bertz CT molecular complexity index is 639. The van der Waals surface area contributed by atoms with Crippen LogP contribution in [0.2, 0.25) is 0 Å². The maximum absolute atomic E-state index is 12.5. The molecule has 1 aromatic heterocycles. The van der Waals surface area contributed by atoms with Gasteiger partial charge in [0.2, 0.25) is 11.8 Å². The van der Waals surface area contributed by atoms with Crippen molar-refractivity contribution in [1.82, 2.24) is 14.8 Å². The lowest BCUT2D eigenvalue weighted by Gasteiger charge is -2.34. The molecule has 144 valence electrons. The van der Waals surface area contributed by atoms with Crippen LogP contribution in [0.4, 0.5) is 19.0 Å². The molecule has 0 saturated carbocycles. The standard InChI is InChI=1S/C16H20BrF3N4O2/c1-23(9-14(25)22-13-5-4-12(17)7-21-13)15(26)11-3-2-6-24(8-11)10-16(18,19)20/h4-5,7,11H,2-3,6,8-10H2,1H3,(H,21,22,25). The van der Waals surface area contributed by atoms with Gasteiger partial charge in [0.25, 0.3) is 0 Å². The van der Waals surface area contributed by atoms with E-state index in [4.69, 9.17) is 0 Å². The quantitative estimate of drug-likeness (QED) is 0.769. The number of carbonyl (C=O) groups is 2. The molecule has 0 aromatic carbocycles. The van der Waals surface area contributed by atoms with Crippen LogP contribution in [0.3, 0.4) is 0 Å². The smallest absolute Gasteiger partial charge is 0.336 e. The summed E-state index contributed by atoms with van der Waals surface area (Å²) in [6.45, 7) is -0.830. The Hall–Kier alpha value is -1.68. The van der Waals surface area contributed by atoms with E-state index in [9.17, 15) is 22.8 Å². The van der Waals surface area contributed by atoms with Crippen molar-refractivity contribution in [2.24, 2.45) is 5.92 Å². The number of carbonyl (C=O) groups excluding carboxylic acids is 2. The molecular formula is C16H20BrF3N4O2. The molecule has 1 saturated heterocycles. The number of anilines is 1. The average molecular weight is 437 g/mol. The molecule has 1 N–H and O–H groups in total. The highest BCUT2D eigenvalue weighted by molar-refractivity contribution is 9.10. The van der Waals surface area contributed by atoms with Crippen molar-refractivity contribution in [2.45, 2.75) is 19.0 Å². The van der Waals surface area contributed by atoms with Crippen LogP contribution in [0.1, 0.15) is 12.8 Å². The predicted molar refractivity (Wildman–Crippen MR) is 93.4 cm³/mol. The third-order valence-electron chi connectivity index (χ3n) is 4.01. The van der Waals surface area contributed by atoms with E-state index < -0.39 is 24.5 Å². The molecule has 26 heavy (non-hydrogen) atoms. The lowest BCUT2D eigenvalue weighted by molar-refractivity contribution is -0.154. The topological polar surface area (TPSA) is 65.5 Å². The lowest BCUT2D eigenvalue weighted by atomic mass is 9.96. The SMILES string of the molecule is CN(CC(=O)Nc1ccc(Br)cn1)C(=O)C1CCCN(CC(F)(F)F)C1. The molecule has 0 spiro atoms. The Morgan fingerprint density at radius 2 is 2.15 bits per heavy atom. The average Bonchev–Trinajstić information content (AvgIpc) is 2.55. The van der Waals surface area contributed by atoms with Gasteiger partial charge in [0.15, 0.2) is 0 Å². The summed E-state index contributed by atoms with van der Waals surface area (Å²) in [6, 6.07) is 3.33. The van der Waals surface area contributed by atoms with Crippen LogP contribution < -0.4 is 5.32 Å². The first-order chi connectivity index (χ1) is 12.1. The van der Waals surface area contributed by atoms with E-state index in [2.05, 4.69) is 26.2 Å². The molecule has 10 heteroatoms. The van der Waals surface area contributed by atoms with Crippen LogP contribution in [-0.4, -0.2) is 66.0 Å². The minimum absolute atomic E-state index is 0.0541. The fraction of sp³-hybridized carbons (Fsp3) is 0.562. The number of alkyl halides is 3. The summed E-state index contributed by atoms with van der Waals surface area (Å²) in [5.41, 5.74) is 0. The Kier molecular flexibility index (Phi) is 6.99. The third kappa shape index (κ3) is 6.56. The van der Waals surface area contributed by atoms with Gasteiger partial charge >= 0.3 is 6.18 Å². The van der Waals surface area contributed by atoms with Gasteiger partial charge < -0.3 is 10.2 Å². The highest BCUT2D eigenvalue weighted by atomic mass is 79.9. The van der Waals surface area contributed by atoms with E-state index in [1.165, 1.54) is 23.0 Å². The number of pyridine rings is 1. The number of nitrogens with zero attached hydrogens (tertiary/aromatic N) is 3. The van der Waals surface area contributed by atoms with Gasteiger partial charge in [0, 0.05) is 24.3 Å². The number of amides is 2. The van der Waals surface area contributed by atoms with E-state index in [1.54, 1.807) is 12.1 Å². The molecular weight excluding hydrogens is 417 g/mol. The fourth-order valence-corrected chi connectivity index (χ4v) is 3.13. The van der Waals surface area contributed by atoms with Gasteiger partial charge in [-0.1, -0.05) is 0 Å². The second kappa shape index (κ2) is 8.81. The van der Waals surface area contributed by atoms with Gasteiger partial charge in [0.1, 0.15) is 5.82 Å². The van der Waals surface area contributed by atoms with E-state index >= 15 is 0 Å². The van der Waals surface area contributed by atoms with Gasteiger partial charge in [0.05, 0.1) is 19.0 Å². The number of nitrogens with one attached hydrogen (secondary N) is 1. The lowest BCUT2D eigenvalue weighted by Crippen LogP contribution is -2.47. The molecule has 1 fully saturated rings. The first kappa shape index (κ1) is 20.6. The van der Waals surface area contributed by atoms with Crippen molar-refractivity contribution in [3.8, 4) is 0 Å². The first-order valence-corrected chi connectivity index (χ1v) is 8.89. The predicted octanol–water partition coefficient (Wildman–Crippen LogP) is 2.52. The van der Waals surface area contributed by atoms with Crippen LogP contribution in [0, 0.1) is 5.92 Å². The van der Waals surface area contributed by atoms with E-state index in [0.717, 1.165) is 4.47 Å². The first-order valence-electron chi connectivity index (χ1n) is 8.09. The second-order valence-electron chi connectivity index (χ2n) is 6.29. The largest absolute Gasteiger partial charge is 0.401 e. The highest BCUT2D eigenvalue weighted by Crippen LogP contribution is 2.23. The Morgan fingerprint density at radius 1 is 1.42 bits per heavy atom. The van der Waals surface area contributed by atoms with Gasteiger partial charge in [-0.05, 0) is 47.4 Å². The Balaban J connectivity index is 1.85. The normalized spacial score (nSPS) is 18.4. The maximum atomic E-state index is 12.5. The van der Waals surface area contributed by atoms with Crippen LogP contribution in [0.15, 0.2) is 22.8 Å². The number of hydrogen-bond donors (Lipinski definition) is 1. The third-order valence-corrected chi connectivity index (χ3v) is 4.48. The molecule has 0 aliphatic carbocycles. The minimum atomic E-state index is -4.28. The fourth-order valence-electron chi connectivity index (χ4n) is 2.89. The molecule has 1 aromatic rings. The molecule has 0 radical (unpaired) electrons. The molecule has 1 unspecified atom stereocenters. The number of rotatable bonds is 5. The van der Waals surface area contributed by atoms with Crippen molar-refractivity contribution >= 4 is 33.6 Å². The van der Waals surface area contributed by atoms with Crippen molar-refractivity contribution in [1.29, 1.82) is 0 Å². The number of likely N-dealkylation sites (tertiary alicyclic amines) is 1. The Labute approximate surface area is 157 Å². The zero-order valence-electron chi connectivity index (χ0n) is 14.2. The number of likely N-dealkylation sites (N-methyl/N-ethyl adjacent to an activating group) is 1. The van der Waals surface area contributed by atoms with Crippen molar-refractivity contribution < 1.29 is 22.8 Å². The number of piperidine rings is 1. The van der Waals surface area contributed by atoms with Gasteiger partial charge in [-0.3, -0.25) is 14.5 Å². The van der Waals surface area contributed by atoms with E-state index in [-0.39, 0.29) is 19.0 Å². The number of halogens is 4. The van der Waals surface area contributed by atoms with Crippen LogP contribution in [-0.2, 0) is 9.59 Å². The summed E-state index contributed by atoms with van der Waals surface area (Å²) < 4.78 is 38.4. The second-order valence-corrected chi connectivity index (χ2v) is 7.21. The summed E-state index contributed by atoms with van der Waals surface area (Å²) in [4.78, 5) is 31.0. The van der Waals surface area contributed by atoms with Crippen LogP contribution >= 0.6 is 15.9 Å². The van der Waals surface area contributed by atoms with Crippen LogP contribution in [0.25, 0.3) is 0 Å². The zero-order chi connectivity index (χ0) is 19.3. The molecule has 1 aliphatic heterocycles. The number of hydrogen-bond acceptors (Lipinski definition) is 4. The summed E-state index contributed by atoms with van der Waals surface area (Å²) in [7, 11) is 1.47. The Morgan fingerprint density at radius 3 is 2.77 bits per heavy atom. The monoisotopic (exact) mass is 436 g/mol. The van der Waals surface area contributed by atoms with Crippen molar-refractivity contribution in [2.75, 3.05) is 38.5 Å². The van der Waals surface area contributed by atoms with Crippen LogP contribution in [0.5, 0.6) is 0 Å². The van der Waals surface area contributed by atoms with Crippen molar-refractivity contribution in [3.05, 3.63) is 22.8 Å². The molecule has 1 atom stereocenters. The molecule has 2 amide bonds. The van der Waals surface area contributed by atoms with E-state index in [1.807, 2.05) is 0 Å². The highest BCUT2D eigenvalue weighted by Gasteiger charge is 2.35. The maximum Gasteiger partial charge on any atom is 0.401 e. The summed E-state index contributed by atoms with van der Waals surface area (Å²) >= 11 is 3.24. The summed E-state index contributed by atoms with van der Waals surface area (Å²) in [5.74, 6) is -0.919. The van der Waals surface area contributed by atoms with Gasteiger partial charge in [-0.25, -0.2) is 4.98 Å². The van der Waals surface area contributed by atoms with Gasteiger partial charge in [-0.2, -0.15) is 13.2 Å². The molecule has 1 aliphatic rings. The zero-order valence-corrected chi connectivity index (χ0v) is 15.8. The van der Waals surface area contributed by atoms with Gasteiger partial charge in [-0.15, -0.1) is 0 Å². The number of aromatic nitrogens is 1. The minimum Gasteiger partial charge on any atom is -0.336 e. The molecule has 6 nitrogen and oxygen atoms in total. The molecule has 2 rings (SSSR count). The summed E-state index contributed by atoms with van der Waals surface area (Å²) in [5, 5.41) is 2.57. The molecule has 2 heterocycles. The molecule has 0 bridgehead atoms. The van der Waals surface area contributed by atoms with Crippen molar-refractivity contribution in [3.63, 3.8) is 0 Å². The van der Waals surface area contributed by atoms with E-state index in [0.29, 0.717) is 25.2 Å².